The number of halogens is 1. The molecule has 1 N–H and O–H groups in total. The van der Waals surface area contributed by atoms with Crippen LogP contribution >= 0.6 is 11.6 Å². The van der Waals surface area contributed by atoms with Gasteiger partial charge in [0.05, 0.1) is 0 Å². The number of benzene rings is 1. The van der Waals surface area contributed by atoms with Gasteiger partial charge in [-0.2, -0.15) is 0 Å². The third kappa shape index (κ3) is 4.21. The van der Waals surface area contributed by atoms with Gasteiger partial charge in [0.25, 0.3) is 0 Å². The Hall–Kier alpha value is -0.570. The molecule has 1 fully saturated rings. The van der Waals surface area contributed by atoms with E-state index in [1.54, 1.807) is 0 Å². The first kappa shape index (κ1) is 15.8. The molecule has 1 aliphatic heterocycles. The van der Waals surface area contributed by atoms with Gasteiger partial charge in [0.1, 0.15) is 0 Å². The predicted molar refractivity (Wildman–Crippen MR) is 87.3 cm³/mol. The first-order valence-corrected chi connectivity index (χ1v) is 8.32. The van der Waals surface area contributed by atoms with Crippen molar-refractivity contribution in [1.29, 1.82) is 0 Å². The fourth-order valence-electron chi connectivity index (χ4n) is 3.31. The van der Waals surface area contributed by atoms with E-state index in [4.69, 9.17) is 11.6 Å². The summed E-state index contributed by atoms with van der Waals surface area (Å²) in [5.74, 6) is 0.789. The molecule has 112 valence electrons. The summed E-state index contributed by atoms with van der Waals surface area (Å²) in [6.45, 7) is 9.18. The van der Waals surface area contributed by atoms with Crippen molar-refractivity contribution in [3.63, 3.8) is 0 Å². The number of hydrogen-bond acceptors (Lipinski definition) is 2. The highest BCUT2D eigenvalue weighted by molar-refractivity contribution is 6.30. The topological polar surface area (TPSA) is 15.3 Å². The maximum Gasteiger partial charge on any atom is 0.0409 e. The number of piperidine rings is 1. The first-order valence-electron chi connectivity index (χ1n) is 7.94. The Kier molecular flexibility index (Phi) is 6.34. The molecule has 1 aromatic rings. The average molecular weight is 295 g/mol. The lowest BCUT2D eigenvalue weighted by atomic mass is 9.96. The van der Waals surface area contributed by atoms with Crippen molar-refractivity contribution in [1.82, 2.24) is 10.2 Å². The maximum absolute atomic E-state index is 6.16. The zero-order valence-corrected chi connectivity index (χ0v) is 13.5. The van der Waals surface area contributed by atoms with Crippen molar-refractivity contribution in [3.05, 3.63) is 34.9 Å². The van der Waals surface area contributed by atoms with Crippen molar-refractivity contribution in [2.24, 2.45) is 5.92 Å². The minimum Gasteiger partial charge on any atom is -0.316 e. The smallest absolute Gasteiger partial charge is 0.0409 e. The maximum atomic E-state index is 6.16. The van der Waals surface area contributed by atoms with Crippen LogP contribution in [-0.4, -0.2) is 31.1 Å². The molecule has 1 aromatic carbocycles. The van der Waals surface area contributed by atoms with E-state index >= 15 is 0 Å². The molecule has 0 aliphatic carbocycles. The molecule has 3 heteroatoms. The van der Waals surface area contributed by atoms with E-state index in [1.165, 1.54) is 38.0 Å². The van der Waals surface area contributed by atoms with Crippen molar-refractivity contribution in [3.8, 4) is 0 Å². The molecule has 0 saturated carbocycles. The summed E-state index contributed by atoms with van der Waals surface area (Å²) < 4.78 is 0. The van der Waals surface area contributed by atoms with Gasteiger partial charge in [-0.15, -0.1) is 0 Å². The van der Waals surface area contributed by atoms with Gasteiger partial charge < -0.3 is 5.32 Å². The molecule has 0 spiro atoms. The highest BCUT2D eigenvalue weighted by Gasteiger charge is 2.22. The molecular formula is C17H27ClN2. The number of rotatable bonds is 6. The minimum absolute atomic E-state index is 0.487. The number of nitrogens with one attached hydrogen (secondary N) is 1. The second kappa shape index (κ2) is 8.02. The van der Waals surface area contributed by atoms with E-state index in [0.29, 0.717) is 6.04 Å². The molecule has 2 rings (SSSR count). The minimum atomic E-state index is 0.487. The summed E-state index contributed by atoms with van der Waals surface area (Å²) in [4.78, 5) is 2.61. The van der Waals surface area contributed by atoms with Gasteiger partial charge in [-0.3, -0.25) is 4.90 Å². The lowest BCUT2D eigenvalue weighted by Crippen LogP contribution is -2.39. The normalized spacial score (nSPS) is 21.1. The monoisotopic (exact) mass is 294 g/mol. The Balaban J connectivity index is 2.06. The standard InChI is InChI=1S/C17H27ClN2/c1-3-17(15-8-5-9-16(18)11-15)20(4-2)13-14-7-6-10-19-12-14/h5,8-9,11,14,17,19H,3-4,6-7,10,12-13H2,1-2H3. The third-order valence-corrected chi connectivity index (χ3v) is 4.59. The number of hydrogen-bond donors (Lipinski definition) is 1. The molecule has 0 aromatic heterocycles. The van der Waals surface area contributed by atoms with Crippen LogP contribution in [0.1, 0.15) is 44.7 Å². The van der Waals surface area contributed by atoms with Crippen LogP contribution in [0.4, 0.5) is 0 Å². The zero-order valence-electron chi connectivity index (χ0n) is 12.7. The molecule has 0 amide bonds. The van der Waals surface area contributed by atoms with Crippen LogP contribution in [0.25, 0.3) is 0 Å². The van der Waals surface area contributed by atoms with Gasteiger partial charge in [0.15, 0.2) is 0 Å². The Morgan fingerprint density at radius 1 is 1.40 bits per heavy atom. The summed E-state index contributed by atoms with van der Waals surface area (Å²) in [5.41, 5.74) is 1.35. The van der Waals surface area contributed by atoms with Gasteiger partial charge >= 0.3 is 0 Å². The molecule has 0 bridgehead atoms. The van der Waals surface area contributed by atoms with Crippen LogP contribution in [0.2, 0.25) is 5.02 Å². The summed E-state index contributed by atoms with van der Waals surface area (Å²) in [6.07, 6.45) is 3.81. The van der Waals surface area contributed by atoms with Gasteiger partial charge in [0.2, 0.25) is 0 Å². The van der Waals surface area contributed by atoms with E-state index in [-0.39, 0.29) is 0 Å². The van der Waals surface area contributed by atoms with Crippen LogP contribution in [0.15, 0.2) is 24.3 Å². The molecule has 1 saturated heterocycles. The van der Waals surface area contributed by atoms with Crippen LogP contribution in [0, 0.1) is 5.92 Å². The molecule has 1 heterocycles. The van der Waals surface area contributed by atoms with E-state index in [0.717, 1.165) is 23.9 Å². The second-order valence-electron chi connectivity index (χ2n) is 5.78. The lowest BCUT2D eigenvalue weighted by Gasteiger charge is -2.35. The van der Waals surface area contributed by atoms with Crippen LogP contribution < -0.4 is 5.32 Å². The molecule has 2 unspecified atom stereocenters. The van der Waals surface area contributed by atoms with Gasteiger partial charge in [-0.1, -0.05) is 37.6 Å². The molecule has 20 heavy (non-hydrogen) atoms. The molecule has 2 atom stereocenters. The van der Waals surface area contributed by atoms with E-state index in [2.05, 4.69) is 42.3 Å². The summed E-state index contributed by atoms with van der Waals surface area (Å²) >= 11 is 6.16. The first-order chi connectivity index (χ1) is 9.74. The number of nitrogens with zero attached hydrogens (tertiary/aromatic N) is 1. The molecule has 1 aliphatic rings. The van der Waals surface area contributed by atoms with E-state index < -0.39 is 0 Å². The second-order valence-corrected chi connectivity index (χ2v) is 6.22. The fraction of sp³-hybridized carbons (Fsp3) is 0.647. The lowest BCUT2D eigenvalue weighted by molar-refractivity contribution is 0.157. The summed E-state index contributed by atoms with van der Waals surface area (Å²) in [6, 6.07) is 8.84. The average Bonchev–Trinajstić information content (AvgIpc) is 2.48. The largest absolute Gasteiger partial charge is 0.316 e. The Labute approximate surface area is 128 Å². The summed E-state index contributed by atoms with van der Waals surface area (Å²) in [7, 11) is 0. The third-order valence-electron chi connectivity index (χ3n) is 4.36. The SMILES string of the molecule is CCC(c1cccc(Cl)c1)N(CC)CC1CCCNC1. The van der Waals surface area contributed by atoms with Crippen molar-refractivity contribution >= 4 is 11.6 Å². The quantitative estimate of drug-likeness (QED) is 0.849. The predicted octanol–water partition coefficient (Wildman–Crippen LogP) is 4.11. The van der Waals surface area contributed by atoms with Crippen molar-refractivity contribution in [2.75, 3.05) is 26.2 Å². The molecule has 0 radical (unpaired) electrons. The highest BCUT2D eigenvalue weighted by Crippen LogP contribution is 2.27. The van der Waals surface area contributed by atoms with Crippen molar-refractivity contribution in [2.45, 2.75) is 39.2 Å². The van der Waals surface area contributed by atoms with Gasteiger partial charge in [-0.25, -0.2) is 0 Å². The highest BCUT2D eigenvalue weighted by atomic mass is 35.5. The van der Waals surface area contributed by atoms with E-state index in [1.807, 2.05) is 6.07 Å². The molecular weight excluding hydrogens is 268 g/mol. The van der Waals surface area contributed by atoms with E-state index in [9.17, 15) is 0 Å². The Morgan fingerprint density at radius 2 is 2.25 bits per heavy atom. The Bertz CT molecular complexity index is 402. The Morgan fingerprint density at radius 3 is 2.85 bits per heavy atom. The van der Waals surface area contributed by atoms with Gasteiger partial charge in [-0.05, 0) is 62.5 Å². The molecule has 2 nitrogen and oxygen atoms in total. The van der Waals surface area contributed by atoms with Crippen LogP contribution in [0.3, 0.4) is 0 Å². The van der Waals surface area contributed by atoms with Crippen LogP contribution in [0.5, 0.6) is 0 Å². The zero-order chi connectivity index (χ0) is 14.4. The van der Waals surface area contributed by atoms with Crippen molar-refractivity contribution < 1.29 is 0 Å². The van der Waals surface area contributed by atoms with Gasteiger partial charge in [0, 0.05) is 17.6 Å². The summed E-state index contributed by atoms with van der Waals surface area (Å²) in [5, 5.41) is 4.37. The van der Waals surface area contributed by atoms with Crippen LogP contribution in [-0.2, 0) is 0 Å². The fourth-order valence-corrected chi connectivity index (χ4v) is 3.51.